The summed E-state index contributed by atoms with van der Waals surface area (Å²) in [5.74, 6) is -1.98. The van der Waals surface area contributed by atoms with Crippen molar-refractivity contribution in [1.29, 1.82) is 0 Å². The van der Waals surface area contributed by atoms with E-state index >= 15 is 0 Å². The highest BCUT2D eigenvalue weighted by atomic mass is 19.4. The lowest BCUT2D eigenvalue weighted by Gasteiger charge is -2.09. The molecule has 3 nitrogen and oxygen atoms in total. The zero-order valence-electron chi connectivity index (χ0n) is 4.98. The van der Waals surface area contributed by atoms with Crippen LogP contribution in [0.5, 0.6) is 0 Å². The maximum atomic E-state index is 11.4. The van der Waals surface area contributed by atoms with Gasteiger partial charge in [-0.25, -0.2) is 0 Å². The van der Waals surface area contributed by atoms with Gasteiger partial charge in [0.2, 0.25) is 0 Å². The summed E-state index contributed by atoms with van der Waals surface area (Å²) in [7, 11) is 0. The zero-order chi connectivity index (χ0) is 8.36. The van der Waals surface area contributed by atoms with Crippen molar-refractivity contribution in [2.24, 2.45) is 11.5 Å². The van der Waals surface area contributed by atoms with Crippen LogP contribution in [0.15, 0.2) is 0 Å². The van der Waals surface area contributed by atoms with Gasteiger partial charge in [0, 0.05) is 6.54 Å². The third kappa shape index (κ3) is 2.32. The van der Waals surface area contributed by atoms with Crippen LogP contribution in [0.1, 0.15) is 0 Å². The molecular weight excluding hydrogens is 149 g/mol. The van der Waals surface area contributed by atoms with Crippen molar-refractivity contribution < 1.29 is 18.0 Å². The molecule has 0 spiro atoms. The van der Waals surface area contributed by atoms with Crippen LogP contribution in [-0.4, -0.2) is 24.5 Å². The van der Waals surface area contributed by atoms with Gasteiger partial charge in [0.25, 0.3) is 5.78 Å². The second-order valence-corrected chi connectivity index (χ2v) is 1.70. The van der Waals surface area contributed by atoms with Crippen molar-refractivity contribution in [3.8, 4) is 0 Å². The van der Waals surface area contributed by atoms with Crippen LogP contribution in [0.2, 0.25) is 0 Å². The minimum Gasteiger partial charge on any atom is -0.328 e. The van der Waals surface area contributed by atoms with E-state index in [1.165, 1.54) is 0 Å². The quantitative estimate of drug-likeness (QED) is 0.561. The lowest BCUT2D eigenvalue weighted by molar-refractivity contribution is -0.172. The van der Waals surface area contributed by atoms with Gasteiger partial charge < -0.3 is 11.5 Å². The molecule has 1 atom stereocenters. The summed E-state index contributed by atoms with van der Waals surface area (Å²) in [5.41, 5.74) is 9.43. The van der Waals surface area contributed by atoms with E-state index < -0.39 is 24.5 Å². The number of hydrogen-bond donors (Lipinski definition) is 2. The number of rotatable bonds is 2. The molecule has 0 aliphatic rings. The summed E-state index contributed by atoms with van der Waals surface area (Å²) in [6, 6.07) is -1.63. The van der Waals surface area contributed by atoms with Gasteiger partial charge in [-0.2, -0.15) is 13.2 Å². The molecule has 0 rings (SSSR count). The fourth-order valence-corrected chi connectivity index (χ4v) is 0.317. The van der Waals surface area contributed by atoms with Gasteiger partial charge in [0.1, 0.15) is 0 Å². The predicted octanol–water partition coefficient (Wildman–Crippen LogP) is -0.596. The fourth-order valence-electron chi connectivity index (χ4n) is 0.317. The maximum absolute atomic E-state index is 11.4. The predicted molar refractivity (Wildman–Crippen MR) is 28.1 cm³/mol. The molecule has 1 unspecified atom stereocenters. The molecule has 0 aromatic heterocycles. The first kappa shape index (κ1) is 9.38. The Labute approximate surface area is 55.2 Å². The first-order valence-corrected chi connectivity index (χ1v) is 2.46. The third-order valence-electron chi connectivity index (χ3n) is 0.870. The Morgan fingerprint density at radius 2 is 1.90 bits per heavy atom. The molecule has 60 valence electrons. The largest absolute Gasteiger partial charge is 0.451 e. The highest BCUT2D eigenvalue weighted by Crippen LogP contribution is 2.16. The van der Waals surface area contributed by atoms with E-state index in [-0.39, 0.29) is 0 Å². The average molecular weight is 156 g/mol. The molecule has 0 saturated carbocycles. The van der Waals surface area contributed by atoms with Gasteiger partial charge in [0.15, 0.2) is 0 Å². The van der Waals surface area contributed by atoms with Crippen LogP contribution in [0.4, 0.5) is 13.2 Å². The summed E-state index contributed by atoms with van der Waals surface area (Å²) in [6.45, 7) is -0.488. The van der Waals surface area contributed by atoms with Gasteiger partial charge in [0.05, 0.1) is 6.04 Å². The maximum Gasteiger partial charge on any atom is 0.451 e. The Hall–Kier alpha value is -0.620. The normalized spacial score (nSPS) is 14.9. The van der Waals surface area contributed by atoms with Crippen molar-refractivity contribution in [3.05, 3.63) is 0 Å². The Kier molecular flexibility index (Phi) is 2.79. The fraction of sp³-hybridized carbons (Fsp3) is 0.750. The first-order valence-electron chi connectivity index (χ1n) is 2.46. The standard InChI is InChI=1S/C4H7F3N2O/c5-4(6,7)3(10)2(9)1-8/h2H,1,8-9H2. The molecule has 10 heavy (non-hydrogen) atoms. The van der Waals surface area contributed by atoms with Crippen LogP contribution < -0.4 is 11.5 Å². The molecule has 0 aromatic carbocycles. The van der Waals surface area contributed by atoms with Crippen molar-refractivity contribution in [3.63, 3.8) is 0 Å². The minimum atomic E-state index is -4.86. The Balaban J connectivity index is 4.09. The van der Waals surface area contributed by atoms with Crippen molar-refractivity contribution in [1.82, 2.24) is 0 Å². The number of ketones is 1. The highest BCUT2D eigenvalue weighted by Gasteiger charge is 2.41. The summed E-state index contributed by atoms with van der Waals surface area (Å²) in [6.07, 6.45) is -4.86. The lowest BCUT2D eigenvalue weighted by Crippen LogP contribution is -2.45. The number of carbonyl (C=O) groups is 1. The number of hydrogen-bond acceptors (Lipinski definition) is 3. The van der Waals surface area contributed by atoms with E-state index in [0.717, 1.165) is 0 Å². The second-order valence-electron chi connectivity index (χ2n) is 1.70. The van der Waals surface area contributed by atoms with Gasteiger partial charge in [-0.3, -0.25) is 4.79 Å². The summed E-state index contributed by atoms with van der Waals surface area (Å²) < 4.78 is 34.2. The molecule has 6 heteroatoms. The van der Waals surface area contributed by atoms with Crippen LogP contribution in [-0.2, 0) is 4.79 Å². The Bertz CT molecular complexity index is 133. The van der Waals surface area contributed by atoms with E-state index in [4.69, 9.17) is 11.5 Å². The molecule has 0 aromatic rings. The number of nitrogens with two attached hydrogens (primary N) is 2. The molecule has 0 aliphatic heterocycles. The number of Topliss-reactive ketones (excluding diaryl/α,β-unsaturated/α-hetero) is 1. The summed E-state index contributed by atoms with van der Waals surface area (Å²) in [5, 5.41) is 0. The van der Waals surface area contributed by atoms with Crippen LogP contribution in [0.3, 0.4) is 0 Å². The Morgan fingerprint density at radius 3 is 2.00 bits per heavy atom. The van der Waals surface area contributed by atoms with Crippen molar-refractivity contribution >= 4 is 5.78 Å². The number of alkyl halides is 3. The smallest absolute Gasteiger partial charge is 0.328 e. The molecular formula is C4H7F3N2O. The average Bonchev–Trinajstić information content (AvgIpc) is 1.83. The third-order valence-corrected chi connectivity index (χ3v) is 0.870. The monoisotopic (exact) mass is 156 g/mol. The summed E-state index contributed by atoms with van der Waals surface area (Å²) >= 11 is 0. The SMILES string of the molecule is NCC(N)C(=O)C(F)(F)F. The van der Waals surface area contributed by atoms with Gasteiger partial charge in [-0.05, 0) is 0 Å². The van der Waals surface area contributed by atoms with E-state index in [1.54, 1.807) is 0 Å². The molecule has 0 amide bonds. The molecule has 0 bridgehead atoms. The van der Waals surface area contributed by atoms with Crippen LogP contribution in [0.25, 0.3) is 0 Å². The highest BCUT2D eigenvalue weighted by molar-refractivity contribution is 5.89. The summed E-state index contributed by atoms with van der Waals surface area (Å²) in [4.78, 5) is 10.1. The lowest BCUT2D eigenvalue weighted by atomic mass is 10.2. The number of carbonyl (C=O) groups excluding carboxylic acids is 1. The van der Waals surface area contributed by atoms with Gasteiger partial charge in [-0.15, -0.1) is 0 Å². The molecule has 4 N–H and O–H groups in total. The second kappa shape index (κ2) is 2.98. The van der Waals surface area contributed by atoms with E-state index in [1.807, 2.05) is 0 Å². The van der Waals surface area contributed by atoms with Gasteiger partial charge in [-0.1, -0.05) is 0 Å². The molecule has 0 saturated heterocycles. The van der Waals surface area contributed by atoms with E-state index in [9.17, 15) is 18.0 Å². The van der Waals surface area contributed by atoms with Crippen LogP contribution >= 0.6 is 0 Å². The first-order chi connectivity index (χ1) is 4.39. The zero-order valence-corrected chi connectivity index (χ0v) is 4.98. The minimum absolute atomic E-state index is 0.488. The molecule has 0 fully saturated rings. The topological polar surface area (TPSA) is 69.1 Å². The van der Waals surface area contributed by atoms with E-state index in [2.05, 4.69) is 0 Å². The van der Waals surface area contributed by atoms with Crippen molar-refractivity contribution in [2.45, 2.75) is 12.2 Å². The number of halogens is 3. The molecule has 0 radical (unpaired) electrons. The Morgan fingerprint density at radius 1 is 1.50 bits per heavy atom. The molecule has 0 heterocycles. The van der Waals surface area contributed by atoms with Crippen LogP contribution in [0, 0.1) is 0 Å². The molecule has 0 aliphatic carbocycles. The van der Waals surface area contributed by atoms with Crippen molar-refractivity contribution in [2.75, 3.05) is 6.54 Å². The van der Waals surface area contributed by atoms with E-state index in [0.29, 0.717) is 0 Å². The van der Waals surface area contributed by atoms with Gasteiger partial charge >= 0.3 is 6.18 Å².